The normalized spacial score (nSPS) is 24.8. The summed E-state index contributed by atoms with van der Waals surface area (Å²) in [6.07, 6.45) is 0. The van der Waals surface area contributed by atoms with Crippen molar-refractivity contribution in [2.45, 2.75) is 11.3 Å². The zero-order chi connectivity index (χ0) is 19.0. The van der Waals surface area contributed by atoms with E-state index in [1.807, 2.05) is 35.2 Å². The minimum absolute atomic E-state index is 0.0787. The Morgan fingerprint density at radius 1 is 1.11 bits per heavy atom. The third-order valence-electron chi connectivity index (χ3n) is 4.64. The maximum atomic E-state index is 12.6. The van der Waals surface area contributed by atoms with Crippen LogP contribution in [0.5, 0.6) is 5.75 Å². The Balaban J connectivity index is 1.68. The molecule has 0 radical (unpaired) electrons. The van der Waals surface area contributed by atoms with Gasteiger partial charge in [-0.25, -0.2) is 8.42 Å². The van der Waals surface area contributed by atoms with Crippen LogP contribution in [0.4, 0.5) is 5.69 Å². The molecule has 1 amide bonds. The SMILES string of the molecule is COc1ccc(C(=O)N=C2S[C@H]3CS(=O)(=O)C[C@H]3N2c2ccccc2)cc1. The van der Waals surface area contributed by atoms with E-state index in [4.69, 9.17) is 4.74 Å². The van der Waals surface area contributed by atoms with Crippen molar-refractivity contribution in [2.24, 2.45) is 4.99 Å². The van der Waals surface area contributed by atoms with E-state index in [9.17, 15) is 13.2 Å². The number of ether oxygens (including phenoxy) is 1. The van der Waals surface area contributed by atoms with Gasteiger partial charge in [0.1, 0.15) is 5.75 Å². The van der Waals surface area contributed by atoms with E-state index < -0.39 is 9.84 Å². The first-order valence-electron chi connectivity index (χ1n) is 8.45. The fraction of sp³-hybridized carbons (Fsp3) is 0.263. The zero-order valence-corrected chi connectivity index (χ0v) is 16.2. The maximum Gasteiger partial charge on any atom is 0.279 e. The first-order chi connectivity index (χ1) is 13.0. The third-order valence-corrected chi connectivity index (χ3v) is 7.84. The average molecular weight is 402 g/mol. The van der Waals surface area contributed by atoms with E-state index in [-0.39, 0.29) is 28.7 Å². The highest BCUT2D eigenvalue weighted by molar-refractivity contribution is 8.16. The van der Waals surface area contributed by atoms with Crippen molar-refractivity contribution in [3.05, 3.63) is 60.2 Å². The van der Waals surface area contributed by atoms with E-state index in [0.717, 1.165) is 5.69 Å². The minimum atomic E-state index is -3.07. The molecule has 2 atom stereocenters. The quantitative estimate of drug-likeness (QED) is 0.786. The van der Waals surface area contributed by atoms with Crippen LogP contribution in [0.2, 0.25) is 0 Å². The molecule has 2 aliphatic rings. The van der Waals surface area contributed by atoms with Gasteiger partial charge in [-0.1, -0.05) is 30.0 Å². The second-order valence-corrected chi connectivity index (χ2v) is 9.79. The summed E-state index contributed by atoms with van der Waals surface area (Å²) in [5.41, 5.74) is 1.30. The molecule has 0 saturated carbocycles. The van der Waals surface area contributed by atoms with Gasteiger partial charge in [-0.15, -0.1) is 0 Å². The molecule has 0 spiro atoms. The van der Waals surface area contributed by atoms with Gasteiger partial charge in [-0.05, 0) is 36.4 Å². The van der Waals surface area contributed by atoms with E-state index in [1.54, 1.807) is 31.4 Å². The summed E-state index contributed by atoms with van der Waals surface area (Å²) in [7, 11) is -1.51. The number of methoxy groups -OCH3 is 1. The van der Waals surface area contributed by atoms with E-state index in [0.29, 0.717) is 16.5 Å². The van der Waals surface area contributed by atoms with Crippen LogP contribution >= 0.6 is 11.8 Å². The molecule has 4 rings (SSSR count). The number of sulfone groups is 1. The van der Waals surface area contributed by atoms with Gasteiger partial charge in [0.05, 0.1) is 24.7 Å². The Labute approximate surface area is 162 Å². The Hall–Kier alpha value is -2.32. The number of amides is 1. The fourth-order valence-corrected chi connectivity index (χ4v) is 7.25. The van der Waals surface area contributed by atoms with Crippen molar-refractivity contribution < 1.29 is 17.9 Å². The highest BCUT2D eigenvalue weighted by Gasteiger charge is 2.49. The summed E-state index contributed by atoms with van der Waals surface area (Å²) in [6.45, 7) is 0. The summed E-state index contributed by atoms with van der Waals surface area (Å²) in [6, 6.07) is 16.0. The number of anilines is 1. The summed E-state index contributed by atoms with van der Waals surface area (Å²) < 4.78 is 29.3. The Morgan fingerprint density at radius 2 is 1.81 bits per heavy atom. The van der Waals surface area contributed by atoms with Gasteiger partial charge >= 0.3 is 0 Å². The van der Waals surface area contributed by atoms with Crippen molar-refractivity contribution in [2.75, 3.05) is 23.5 Å². The largest absolute Gasteiger partial charge is 0.497 e. The van der Waals surface area contributed by atoms with Crippen LogP contribution < -0.4 is 9.64 Å². The van der Waals surface area contributed by atoms with Crippen LogP contribution in [-0.2, 0) is 9.84 Å². The van der Waals surface area contributed by atoms with Crippen LogP contribution in [0, 0.1) is 0 Å². The van der Waals surface area contributed by atoms with Crippen molar-refractivity contribution in [3.63, 3.8) is 0 Å². The van der Waals surface area contributed by atoms with Crippen LogP contribution in [-0.4, -0.2) is 49.4 Å². The first-order valence-corrected chi connectivity index (χ1v) is 11.2. The molecule has 0 aromatic heterocycles. The van der Waals surface area contributed by atoms with Gasteiger partial charge in [0.2, 0.25) is 0 Å². The Bertz CT molecular complexity index is 988. The number of amidine groups is 1. The molecule has 2 aromatic rings. The number of hydrogen-bond donors (Lipinski definition) is 0. The number of benzene rings is 2. The fourth-order valence-electron chi connectivity index (χ4n) is 3.34. The van der Waals surface area contributed by atoms with Crippen LogP contribution in [0.15, 0.2) is 59.6 Å². The molecule has 2 heterocycles. The molecule has 6 nitrogen and oxygen atoms in total. The zero-order valence-electron chi connectivity index (χ0n) is 14.6. The van der Waals surface area contributed by atoms with Gasteiger partial charge in [-0.3, -0.25) is 4.79 Å². The molecule has 0 unspecified atom stereocenters. The van der Waals surface area contributed by atoms with Crippen LogP contribution in [0.25, 0.3) is 0 Å². The molecule has 8 heteroatoms. The monoisotopic (exact) mass is 402 g/mol. The van der Waals surface area contributed by atoms with Crippen molar-refractivity contribution in [1.82, 2.24) is 0 Å². The maximum absolute atomic E-state index is 12.6. The van der Waals surface area contributed by atoms with Gasteiger partial charge in [0.25, 0.3) is 5.91 Å². The Kier molecular flexibility index (Phi) is 4.69. The predicted octanol–water partition coefficient (Wildman–Crippen LogP) is 2.61. The molecule has 2 saturated heterocycles. The summed E-state index contributed by atoms with van der Waals surface area (Å²) in [4.78, 5) is 18.8. The second kappa shape index (κ2) is 7.01. The van der Waals surface area contributed by atoms with Gasteiger partial charge < -0.3 is 9.64 Å². The molecule has 2 fully saturated rings. The summed E-state index contributed by atoms with van der Waals surface area (Å²) >= 11 is 1.37. The minimum Gasteiger partial charge on any atom is -0.497 e. The summed E-state index contributed by atoms with van der Waals surface area (Å²) in [5.74, 6) is 0.500. The number of fused-ring (bicyclic) bond motifs is 1. The average Bonchev–Trinajstić information content (AvgIpc) is 3.13. The molecule has 27 heavy (non-hydrogen) atoms. The molecule has 2 aromatic carbocycles. The Morgan fingerprint density at radius 3 is 2.48 bits per heavy atom. The number of carbonyl (C=O) groups excluding carboxylic acids is 1. The first kappa shape index (κ1) is 18.1. The number of carbonyl (C=O) groups is 1. The lowest BCUT2D eigenvalue weighted by molar-refractivity contribution is 0.100. The molecule has 0 aliphatic carbocycles. The smallest absolute Gasteiger partial charge is 0.279 e. The van der Waals surface area contributed by atoms with E-state index >= 15 is 0 Å². The number of hydrogen-bond acceptors (Lipinski definition) is 5. The van der Waals surface area contributed by atoms with Crippen LogP contribution in [0.1, 0.15) is 10.4 Å². The van der Waals surface area contributed by atoms with Crippen molar-refractivity contribution in [1.29, 1.82) is 0 Å². The number of para-hydroxylation sites is 1. The van der Waals surface area contributed by atoms with E-state index in [1.165, 1.54) is 11.8 Å². The third kappa shape index (κ3) is 3.59. The topological polar surface area (TPSA) is 76.0 Å². The molecular weight excluding hydrogens is 384 g/mol. The number of rotatable bonds is 3. The molecule has 140 valence electrons. The van der Waals surface area contributed by atoms with Gasteiger partial charge in [0, 0.05) is 16.5 Å². The number of nitrogens with zero attached hydrogens (tertiary/aromatic N) is 2. The molecule has 0 bridgehead atoms. The highest BCUT2D eigenvalue weighted by atomic mass is 32.2. The van der Waals surface area contributed by atoms with Crippen molar-refractivity contribution in [3.8, 4) is 5.75 Å². The van der Waals surface area contributed by atoms with Crippen LogP contribution in [0.3, 0.4) is 0 Å². The highest BCUT2D eigenvalue weighted by Crippen LogP contribution is 2.40. The predicted molar refractivity (Wildman–Crippen MR) is 108 cm³/mol. The number of aliphatic imine (C=N–C) groups is 1. The molecule has 0 N–H and O–H groups in total. The molecule has 2 aliphatic heterocycles. The van der Waals surface area contributed by atoms with E-state index in [2.05, 4.69) is 4.99 Å². The van der Waals surface area contributed by atoms with Crippen molar-refractivity contribution >= 4 is 38.4 Å². The van der Waals surface area contributed by atoms with Gasteiger partial charge in [0.15, 0.2) is 15.0 Å². The standard InChI is InChI=1S/C19H18N2O4S2/c1-25-15-9-7-13(8-10-15)18(22)20-19-21(14-5-3-2-4-6-14)16-11-27(23,24)12-17(16)26-19/h2-10,16-17H,11-12H2,1H3/t16-,17+/m1/s1. The second-order valence-electron chi connectivity index (χ2n) is 6.43. The lowest BCUT2D eigenvalue weighted by atomic mass is 10.2. The number of thioether (sulfide) groups is 1. The van der Waals surface area contributed by atoms with Gasteiger partial charge in [-0.2, -0.15) is 4.99 Å². The lowest BCUT2D eigenvalue weighted by Crippen LogP contribution is -2.37. The summed E-state index contributed by atoms with van der Waals surface area (Å²) in [5, 5.41) is 0.435. The lowest BCUT2D eigenvalue weighted by Gasteiger charge is -2.24. The molecular formula is C19H18N2O4S2.